The molecule has 6 nitrogen and oxygen atoms in total. The first-order valence-electron chi connectivity index (χ1n) is 6.19. The highest BCUT2D eigenvalue weighted by Gasteiger charge is 2.07. The Morgan fingerprint density at radius 3 is 2.62 bits per heavy atom. The maximum Gasteiger partial charge on any atom is 0.269 e. The summed E-state index contributed by atoms with van der Waals surface area (Å²) in [5.74, 6) is -0.235. The van der Waals surface area contributed by atoms with Crippen molar-refractivity contribution in [1.82, 2.24) is 10.3 Å². The zero-order chi connectivity index (χ0) is 15.2. The molecule has 0 saturated carbocycles. The van der Waals surface area contributed by atoms with Crippen LogP contribution in [0.4, 0.5) is 5.69 Å². The highest BCUT2D eigenvalue weighted by molar-refractivity contribution is 6.29. The van der Waals surface area contributed by atoms with Crippen molar-refractivity contribution in [2.45, 2.75) is 6.42 Å². The van der Waals surface area contributed by atoms with E-state index in [4.69, 9.17) is 11.6 Å². The number of non-ortho nitro benzene ring substituents is 1. The number of hydrogen-bond donors (Lipinski definition) is 1. The van der Waals surface area contributed by atoms with E-state index in [1.54, 1.807) is 18.2 Å². The molecule has 0 spiro atoms. The van der Waals surface area contributed by atoms with Crippen molar-refractivity contribution in [3.63, 3.8) is 0 Å². The molecular formula is C14H12ClN3O3. The van der Waals surface area contributed by atoms with E-state index in [1.807, 2.05) is 0 Å². The molecule has 0 unspecified atom stereocenters. The predicted octanol–water partition coefficient (Wildman–Crippen LogP) is 2.62. The van der Waals surface area contributed by atoms with Gasteiger partial charge in [0.15, 0.2) is 0 Å². The number of nitrogens with one attached hydrogen (secondary N) is 1. The van der Waals surface area contributed by atoms with Gasteiger partial charge < -0.3 is 5.32 Å². The van der Waals surface area contributed by atoms with Crippen molar-refractivity contribution in [3.8, 4) is 0 Å². The second kappa shape index (κ2) is 6.81. The number of nitrogens with zero attached hydrogens (tertiary/aromatic N) is 2. The number of aromatic nitrogens is 1. The molecule has 1 aromatic heterocycles. The van der Waals surface area contributed by atoms with E-state index < -0.39 is 4.92 Å². The molecular weight excluding hydrogens is 294 g/mol. The van der Waals surface area contributed by atoms with Crippen LogP contribution >= 0.6 is 11.6 Å². The van der Waals surface area contributed by atoms with Gasteiger partial charge in [-0.1, -0.05) is 23.7 Å². The number of nitro groups is 1. The van der Waals surface area contributed by atoms with Crippen LogP contribution in [0.1, 0.15) is 15.9 Å². The van der Waals surface area contributed by atoms with Gasteiger partial charge >= 0.3 is 0 Å². The minimum absolute atomic E-state index is 0.0502. The zero-order valence-corrected chi connectivity index (χ0v) is 11.7. The fourth-order valence-corrected chi connectivity index (χ4v) is 1.92. The van der Waals surface area contributed by atoms with Crippen LogP contribution in [0.15, 0.2) is 42.6 Å². The molecule has 2 rings (SSSR count). The summed E-state index contributed by atoms with van der Waals surface area (Å²) in [6, 6.07) is 9.30. The molecule has 1 aromatic carbocycles. The van der Waals surface area contributed by atoms with Crippen LogP contribution in [0.2, 0.25) is 5.15 Å². The first-order valence-corrected chi connectivity index (χ1v) is 6.57. The van der Waals surface area contributed by atoms with Gasteiger partial charge in [0.25, 0.3) is 11.6 Å². The van der Waals surface area contributed by atoms with E-state index in [0.29, 0.717) is 18.5 Å². The van der Waals surface area contributed by atoms with E-state index in [1.165, 1.54) is 24.4 Å². The number of pyridine rings is 1. The Hall–Kier alpha value is -2.47. The van der Waals surface area contributed by atoms with Crippen molar-refractivity contribution in [1.29, 1.82) is 0 Å². The number of carbonyl (C=O) groups is 1. The fraction of sp³-hybridized carbons (Fsp3) is 0.143. The van der Waals surface area contributed by atoms with Crippen LogP contribution in [0, 0.1) is 10.1 Å². The van der Waals surface area contributed by atoms with Crippen LogP contribution < -0.4 is 5.32 Å². The van der Waals surface area contributed by atoms with E-state index in [9.17, 15) is 14.9 Å². The van der Waals surface area contributed by atoms with E-state index in [-0.39, 0.29) is 16.7 Å². The smallest absolute Gasteiger partial charge is 0.269 e. The molecule has 108 valence electrons. The lowest BCUT2D eigenvalue weighted by atomic mass is 10.1. The molecule has 0 bridgehead atoms. The van der Waals surface area contributed by atoms with Crippen LogP contribution in [-0.2, 0) is 6.42 Å². The summed E-state index contributed by atoms with van der Waals surface area (Å²) in [5, 5.41) is 13.5. The van der Waals surface area contributed by atoms with Gasteiger partial charge in [-0.15, -0.1) is 0 Å². The molecule has 0 fully saturated rings. The van der Waals surface area contributed by atoms with Crippen LogP contribution in [-0.4, -0.2) is 22.4 Å². The molecule has 0 aliphatic carbocycles. The summed E-state index contributed by atoms with van der Waals surface area (Å²) in [4.78, 5) is 25.7. The average molecular weight is 306 g/mol. The van der Waals surface area contributed by atoms with Gasteiger partial charge in [0.1, 0.15) is 5.15 Å². The summed E-state index contributed by atoms with van der Waals surface area (Å²) in [6.07, 6.45) is 2.05. The number of benzene rings is 1. The van der Waals surface area contributed by atoms with Crippen molar-refractivity contribution < 1.29 is 9.72 Å². The summed E-state index contributed by atoms with van der Waals surface area (Å²) >= 11 is 5.71. The first kappa shape index (κ1) is 14.9. The van der Waals surface area contributed by atoms with Gasteiger partial charge in [-0.25, -0.2) is 4.98 Å². The number of rotatable bonds is 5. The van der Waals surface area contributed by atoms with Gasteiger partial charge in [-0.2, -0.15) is 0 Å². The number of nitro benzene ring substituents is 1. The van der Waals surface area contributed by atoms with Crippen LogP contribution in [0.25, 0.3) is 0 Å². The van der Waals surface area contributed by atoms with E-state index in [2.05, 4.69) is 10.3 Å². The van der Waals surface area contributed by atoms with Crippen LogP contribution in [0.5, 0.6) is 0 Å². The number of halogens is 1. The first-order chi connectivity index (χ1) is 10.1. The Morgan fingerprint density at radius 2 is 2.00 bits per heavy atom. The van der Waals surface area contributed by atoms with Gasteiger partial charge in [-0.05, 0) is 24.1 Å². The van der Waals surface area contributed by atoms with Crippen molar-refractivity contribution >= 4 is 23.2 Å². The maximum atomic E-state index is 11.8. The topological polar surface area (TPSA) is 85.1 Å². The molecule has 0 atom stereocenters. The van der Waals surface area contributed by atoms with E-state index in [0.717, 1.165) is 5.56 Å². The molecule has 0 aliphatic heterocycles. The van der Waals surface area contributed by atoms with Gasteiger partial charge in [-0.3, -0.25) is 14.9 Å². The standard InChI is InChI=1S/C14H12ClN3O3/c15-13-9-11(6-8-16-13)14(19)17-7-5-10-1-3-12(4-2-10)18(20)21/h1-4,6,8-9H,5,7H2,(H,17,19). The van der Waals surface area contributed by atoms with Gasteiger partial charge in [0, 0.05) is 30.4 Å². The third kappa shape index (κ3) is 4.25. The number of hydrogen-bond acceptors (Lipinski definition) is 4. The molecule has 2 aromatic rings. The SMILES string of the molecule is O=C(NCCc1ccc([N+](=O)[O-])cc1)c1ccnc(Cl)c1. The highest BCUT2D eigenvalue weighted by Crippen LogP contribution is 2.12. The molecule has 7 heteroatoms. The molecule has 21 heavy (non-hydrogen) atoms. The largest absolute Gasteiger partial charge is 0.352 e. The fourth-order valence-electron chi connectivity index (χ4n) is 1.75. The van der Waals surface area contributed by atoms with Crippen molar-refractivity contribution in [2.75, 3.05) is 6.54 Å². The highest BCUT2D eigenvalue weighted by atomic mass is 35.5. The van der Waals surface area contributed by atoms with E-state index >= 15 is 0 Å². The molecule has 1 N–H and O–H groups in total. The lowest BCUT2D eigenvalue weighted by Gasteiger charge is -2.05. The molecule has 1 heterocycles. The second-order valence-corrected chi connectivity index (χ2v) is 4.68. The third-order valence-electron chi connectivity index (χ3n) is 2.84. The van der Waals surface area contributed by atoms with Gasteiger partial charge in [0.05, 0.1) is 4.92 Å². The molecule has 0 saturated heterocycles. The lowest BCUT2D eigenvalue weighted by Crippen LogP contribution is -2.25. The van der Waals surface area contributed by atoms with Crippen molar-refractivity contribution in [2.24, 2.45) is 0 Å². The minimum atomic E-state index is -0.446. The summed E-state index contributed by atoms with van der Waals surface area (Å²) in [5.41, 5.74) is 1.40. The third-order valence-corrected chi connectivity index (χ3v) is 3.04. The zero-order valence-electron chi connectivity index (χ0n) is 11.0. The average Bonchev–Trinajstić information content (AvgIpc) is 2.47. The Bertz CT molecular complexity index is 659. The Labute approximate surface area is 125 Å². The quantitative estimate of drug-likeness (QED) is 0.523. The Morgan fingerprint density at radius 1 is 1.29 bits per heavy atom. The number of amides is 1. The minimum Gasteiger partial charge on any atom is -0.352 e. The number of carbonyl (C=O) groups excluding carboxylic acids is 1. The normalized spacial score (nSPS) is 10.1. The maximum absolute atomic E-state index is 11.8. The van der Waals surface area contributed by atoms with Gasteiger partial charge in [0.2, 0.25) is 0 Å². The predicted molar refractivity (Wildman–Crippen MR) is 78.4 cm³/mol. The summed E-state index contributed by atoms with van der Waals surface area (Å²) in [6.45, 7) is 0.427. The summed E-state index contributed by atoms with van der Waals surface area (Å²) in [7, 11) is 0. The van der Waals surface area contributed by atoms with Crippen molar-refractivity contribution in [3.05, 3.63) is 69.0 Å². The van der Waals surface area contributed by atoms with Crippen LogP contribution in [0.3, 0.4) is 0 Å². The lowest BCUT2D eigenvalue weighted by molar-refractivity contribution is -0.384. The molecule has 0 radical (unpaired) electrons. The molecule has 0 aliphatic rings. The monoisotopic (exact) mass is 305 g/mol. The summed E-state index contributed by atoms with van der Waals surface area (Å²) < 4.78 is 0. The second-order valence-electron chi connectivity index (χ2n) is 4.30. The molecule has 1 amide bonds. The Kier molecular flexibility index (Phi) is 4.84. The Balaban J connectivity index is 1.86.